The zero-order valence-electron chi connectivity index (χ0n) is 13.2. The van der Waals surface area contributed by atoms with Crippen LogP contribution < -0.4 is 5.32 Å². The Bertz CT molecular complexity index is 651. The third kappa shape index (κ3) is 4.10. The molecule has 4 nitrogen and oxygen atoms in total. The highest BCUT2D eigenvalue weighted by molar-refractivity contribution is 6.30. The third-order valence-corrected chi connectivity index (χ3v) is 4.55. The molecule has 0 unspecified atom stereocenters. The number of nitrogens with zero attached hydrogens (tertiary/aromatic N) is 2. The summed E-state index contributed by atoms with van der Waals surface area (Å²) >= 11 is 6.46. The van der Waals surface area contributed by atoms with Crippen LogP contribution in [-0.4, -0.2) is 29.0 Å². The second kappa shape index (κ2) is 7.43. The van der Waals surface area contributed by atoms with E-state index in [2.05, 4.69) is 10.4 Å². The molecule has 1 aliphatic heterocycles. The lowest BCUT2D eigenvalue weighted by Crippen LogP contribution is -2.26. The molecule has 1 aromatic heterocycles. The zero-order valence-corrected chi connectivity index (χ0v) is 13.9. The number of hydrogen-bond acceptors (Lipinski definition) is 3. The van der Waals surface area contributed by atoms with Gasteiger partial charge in [0.05, 0.1) is 18.3 Å². The van der Waals surface area contributed by atoms with Crippen LogP contribution in [0.5, 0.6) is 0 Å². The Morgan fingerprint density at radius 1 is 1.39 bits per heavy atom. The first kappa shape index (κ1) is 16.4. The first-order valence-electron chi connectivity index (χ1n) is 7.92. The van der Waals surface area contributed by atoms with Crippen molar-refractivity contribution < 1.29 is 9.13 Å². The van der Waals surface area contributed by atoms with E-state index in [0.29, 0.717) is 24.3 Å². The van der Waals surface area contributed by atoms with Crippen LogP contribution in [-0.2, 0) is 17.8 Å². The molecule has 2 heterocycles. The van der Waals surface area contributed by atoms with Crippen LogP contribution in [0.3, 0.4) is 0 Å². The number of nitrogens with one attached hydrogen (secondary N) is 1. The van der Waals surface area contributed by atoms with Gasteiger partial charge in [0.25, 0.3) is 0 Å². The van der Waals surface area contributed by atoms with Crippen molar-refractivity contribution >= 4 is 11.6 Å². The van der Waals surface area contributed by atoms with Crippen molar-refractivity contribution in [3.63, 3.8) is 0 Å². The molecule has 0 spiro atoms. The second-order valence-corrected chi connectivity index (χ2v) is 6.26. The molecule has 23 heavy (non-hydrogen) atoms. The quantitative estimate of drug-likeness (QED) is 0.879. The Labute approximate surface area is 140 Å². The molecule has 1 atom stereocenters. The average Bonchev–Trinajstić information content (AvgIpc) is 3.13. The van der Waals surface area contributed by atoms with Gasteiger partial charge < -0.3 is 10.1 Å². The fraction of sp³-hybridized carbons (Fsp3) is 0.471. The Balaban J connectivity index is 1.62. The van der Waals surface area contributed by atoms with Crippen LogP contribution >= 0.6 is 11.6 Å². The minimum absolute atomic E-state index is 0.240. The number of benzene rings is 1. The Hall–Kier alpha value is -1.43. The predicted molar refractivity (Wildman–Crippen MR) is 88.2 cm³/mol. The molecule has 3 rings (SSSR count). The molecule has 0 amide bonds. The Kier molecular flexibility index (Phi) is 5.30. The van der Waals surface area contributed by atoms with Crippen LogP contribution in [0.15, 0.2) is 24.3 Å². The molecule has 0 radical (unpaired) electrons. The van der Waals surface area contributed by atoms with E-state index in [9.17, 15) is 4.39 Å². The molecular weight excluding hydrogens is 317 g/mol. The maximum atomic E-state index is 13.0. The van der Waals surface area contributed by atoms with E-state index in [1.54, 1.807) is 16.8 Å². The molecule has 6 heteroatoms. The van der Waals surface area contributed by atoms with E-state index in [4.69, 9.17) is 16.3 Å². The number of aryl methyl sites for hydroxylation is 1. The number of aromatic nitrogens is 2. The number of ether oxygens (including phenoxy) is 1. The third-order valence-electron chi connectivity index (χ3n) is 4.13. The smallest absolute Gasteiger partial charge is 0.132 e. The molecule has 0 aliphatic carbocycles. The minimum atomic E-state index is -0.240. The van der Waals surface area contributed by atoms with Crippen molar-refractivity contribution in [2.75, 3.05) is 13.2 Å². The SMILES string of the molecule is Cc1nn(Cc2ccc(F)cc2)c(Cl)c1CNC[C@H]1CCCO1. The Morgan fingerprint density at radius 3 is 2.87 bits per heavy atom. The summed E-state index contributed by atoms with van der Waals surface area (Å²) in [4.78, 5) is 0. The van der Waals surface area contributed by atoms with Gasteiger partial charge in [-0.05, 0) is 37.5 Å². The maximum Gasteiger partial charge on any atom is 0.132 e. The van der Waals surface area contributed by atoms with Crippen LogP contribution in [0, 0.1) is 12.7 Å². The van der Waals surface area contributed by atoms with Gasteiger partial charge in [-0.3, -0.25) is 0 Å². The first-order chi connectivity index (χ1) is 11.1. The molecule has 1 aromatic carbocycles. The van der Waals surface area contributed by atoms with Gasteiger partial charge in [0, 0.05) is 25.3 Å². The van der Waals surface area contributed by atoms with Gasteiger partial charge in [0.15, 0.2) is 0 Å². The molecule has 1 aliphatic rings. The highest BCUT2D eigenvalue weighted by Crippen LogP contribution is 2.21. The van der Waals surface area contributed by atoms with Crippen LogP contribution in [0.1, 0.15) is 29.7 Å². The van der Waals surface area contributed by atoms with E-state index in [-0.39, 0.29) is 5.82 Å². The van der Waals surface area contributed by atoms with E-state index in [1.807, 2.05) is 6.92 Å². The van der Waals surface area contributed by atoms with Gasteiger partial charge >= 0.3 is 0 Å². The molecule has 0 bridgehead atoms. The summed E-state index contributed by atoms with van der Waals surface area (Å²) < 4.78 is 20.3. The molecule has 2 aromatic rings. The zero-order chi connectivity index (χ0) is 16.2. The lowest BCUT2D eigenvalue weighted by Gasteiger charge is -2.10. The van der Waals surface area contributed by atoms with Crippen molar-refractivity contribution in [2.24, 2.45) is 0 Å². The summed E-state index contributed by atoms with van der Waals surface area (Å²) in [5, 5.41) is 8.53. The number of hydrogen-bond donors (Lipinski definition) is 1. The minimum Gasteiger partial charge on any atom is -0.377 e. The first-order valence-corrected chi connectivity index (χ1v) is 8.30. The predicted octanol–water partition coefficient (Wildman–Crippen LogP) is 3.30. The average molecular weight is 338 g/mol. The molecule has 1 saturated heterocycles. The van der Waals surface area contributed by atoms with Crippen molar-refractivity contribution in [3.8, 4) is 0 Å². The standard InChI is InChI=1S/C17H21ClFN3O/c1-12-16(10-20-9-15-3-2-8-23-15)17(18)22(21-12)11-13-4-6-14(19)7-5-13/h4-7,15,20H,2-3,8-11H2,1H3/t15-/m1/s1. The lowest BCUT2D eigenvalue weighted by atomic mass is 10.2. The van der Waals surface area contributed by atoms with E-state index < -0.39 is 0 Å². The molecular formula is C17H21ClFN3O. The van der Waals surface area contributed by atoms with Gasteiger partial charge in [-0.1, -0.05) is 23.7 Å². The second-order valence-electron chi connectivity index (χ2n) is 5.90. The van der Waals surface area contributed by atoms with Crippen LogP contribution in [0.25, 0.3) is 0 Å². The van der Waals surface area contributed by atoms with Gasteiger partial charge in [-0.15, -0.1) is 0 Å². The van der Waals surface area contributed by atoms with Gasteiger partial charge in [-0.2, -0.15) is 5.10 Å². The monoisotopic (exact) mass is 337 g/mol. The molecule has 0 saturated carbocycles. The highest BCUT2D eigenvalue weighted by Gasteiger charge is 2.17. The van der Waals surface area contributed by atoms with Gasteiger partial charge in [0.1, 0.15) is 11.0 Å². The van der Waals surface area contributed by atoms with E-state index in [1.165, 1.54) is 12.1 Å². The molecule has 1 N–H and O–H groups in total. The molecule has 1 fully saturated rings. The van der Waals surface area contributed by atoms with Gasteiger partial charge in [0.2, 0.25) is 0 Å². The summed E-state index contributed by atoms with van der Waals surface area (Å²) in [5.74, 6) is -0.240. The normalized spacial score (nSPS) is 17.8. The van der Waals surface area contributed by atoms with Crippen LogP contribution in [0.4, 0.5) is 4.39 Å². The summed E-state index contributed by atoms with van der Waals surface area (Å²) in [6.07, 6.45) is 2.56. The highest BCUT2D eigenvalue weighted by atomic mass is 35.5. The molecule has 124 valence electrons. The van der Waals surface area contributed by atoms with Crippen molar-refractivity contribution in [1.82, 2.24) is 15.1 Å². The van der Waals surface area contributed by atoms with E-state index in [0.717, 1.165) is 42.8 Å². The Morgan fingerprint density at radius 2 is 2.17 bits per heavy atom. The maximum absolute atomic E-state index is 13.0. The van der Waals surface area contributed by atoms with Crippen LogP contribution in [0.2, 0.25) is 5.15 Å². The topological polar surface area (TPSA) is 39.1 Å². The van der Waals surface area contributed by atoms with Gasteiger partial charge in [-0.25, -0.2) is 9.07 Å². The summed E-state index contributed by atoms with van der Waals surface area (Å²) in [6.45, 7) is 4.86. The number of halogens is 2. The summed E-state index contributed by atoms with van der Waals surface area (Å²) in [6, 6.07) is 6.39. The number of rotatable bonds is 6. The van der Waals surface area contributed by atoms with E-state index >= 15 is 0 Å². The summed E-state index contributed by atoms with van der Waals surface area (Å²) in [5.41, 5.74) is 2.89. The fourth-order valence-electron chi connectivity index (χ4n) is 2.82. The fourth-order valence-corrected chi connectivity index (χ4v) is 3.12. The van der Waals surface area contributed by atoms with Crippen molar-refractivity contribution in [2.45, 2.75) is 39.0 Å². The summed E-state index contributed by atoms with van der Waals surface area (Å²) in [7, 11) is 0. The largest absolute Gasteiger partial charge is 0.377 e. The van der Waals surface area contributed by atoms with Crippen molar-refractivity contribution in [3.05, 3.63) is 52.1 Å². The van der Waals surface area contributed by atoms with Crippen molar-refractivity contribution in [1.29, 1.82) is 0 Å². The lowest BCUT2D eigenvalue weighted by molar-refractivity contribution is 0.110.